The molecule has 3 heterocycles. The van der Waals surface area contributed by atoms with Crippen molar-refractivity contribution in [3.8, 4) is 11.6 Å². The maximum Gasteiger partial charge on any atom is 0.244 e. The molecule has 0 atom stereocenters. The Balaban J connectivity index is 1.49. The van der Waals surface area contributed by atoms with Gasteiger partial charge in [-0.05, 0) is 60.0 Å². The quantitative estimate of drug-likeness (QED) is 0.298. The summed E-state index contributed by atoms with van der Waals surface area (Å²) in [4.78, 5) is 8.89. The predicted octanol–water partition coefficient (Wildman–Crippen LogP) is 7.20. The van der Waals surface area contributed by atoms with E-state index in [0.29, 0.717) is 5.88 Å². The van der Waals surface area contributed by atoms with Crippen LogP contribution >= 0.6 is 0 Å². The summed E-state index contributed by atoms with van der Waals surface area (Å²) < 4.78 is 8.79. The number of nitrogens with zero attached hydrogens (tertiary/aromatic N) is 3. The fraction of sp³-hybridized carbons (Fsp3) is 0.103. The van der Waals surface area contributed by atoms with Crippen LogP contribution in [0.4, 0.5) is 0 Å². The summed E-state index contributed by atoms with van der Waals surface area (Å²) in [5.74, 6) is 1.40. The van der Waals surface area contributed by atoms with Crippen LogP contribution in [-0.4, -0.2) is 14.5 Å². The van der Waals surface area contributed by atoms with E-state index in [-0.39, 0.29) is 0 Å². The van der Waals surface area contributed by atoms with Crippen LogP contribution in [0.1, 0.15) is 16.8 Å². The van der Waals surface area contributed by atoms with Crippen molar-refractivity contribution in [2.75, 3.05) is 0 Å². The SMILES string of the molecule is Cc1c(C)n(Cc2ccc3ccccc3c2)c2c(Oc3cccc4cnccc34)nccc12. The van der Waals surface area contributed by atoms with Gasteiger partial charge in [0.2, 0.25) is 5.88 Å². The van der Waals surface area contributed by atoms with Gasteiger partial charge in [-0.3, -0.25) is 4.98 Å². The van der Waals surface area contributed by atoms with E-state index in [2.05, 4.69) is 76.9 Å². The van der Waals surface area contributed by atoms with Gasteiger partial charge in [-0.2, -0.15) is 0 Å². The Hall–Kier alpha value is -4.18. The van der Waals surface area contributed by atoms with Crippen LogP contribution < -0.4 is 4.74 Å². The highest BCUT2D eigenvalue weighted by atomic mass is 16.5. The molecule has 6 aromatic rings. The number of hydrogen-bond donors (Lipinski definition) is 0. The highest BCUT2D eigenvalue weighted by Gasteiger charge is 2.18. The van der Waals surface area contributed by atoms with Crippen LogP contribution in [0.15, 0.2) is 91.4 Å². The molecule has 0 aliphatic carbocycles. The van der Waals surface area contributed by atoms with Gasteiger partial charge < -0.3 is 9.30 Å². The Labute approximate surface area is 192 Å². The van der Waals surface area contributed by atoms with Crippen LogP contribution in [0.3, 0.4) is 0 Å². The number of fused-ring (bicyclic) bond motifs is 3. The zero-order chi connectivity index (χ0) is 22.4. The standard InChI is InChI=1S/C29H23N3O/c1-19-20(2)32(18-21-10-11-22-6-3-4-7-23(22)16-21)28-25(19)13-15-31-29(28)33-27-9-5-8-24-17-30-14-12-26(24)27/h3-17H,18H2,1-2H3. The third-order valence-corrected chi connectivity index (χ3v) is 6.51. The van der Waals surface area contributed by atoms with E-state index in [4.69, 9.17) is 4.74 Å². The van der Waals surface area contributed by atoms with E-state index < -0.39 is 0 Å². The molecule has 0 saturated heterocycles. The van der Waals surface area contributed by atoms with Crippen molar-refractivity contribution >= 4 is 32.4 Å². The second-order valence-electron chi connectivity index (χ2n) is 8.45. The van der Waals surface area contributed by atoms with E-state index in [0.717, 1.165) is 28.6 Å². The van der Waals surface area contributed by atoms with E-state index in [1.165, 1.54) is 33.0 Å². The fourth-order valence-corrected chi connectivity index (χ4v) is 4.64. The van der Waals surface area contributed by atoms with Crippen molar-refractivity contribution in [2.24, 2.45) is 0 Å². The van der Waals surface area contributed by atoms with Gasteiger partial charge in [-0.15, -0.1) is 0 Å². The van der Waals surface area contributed by atoms with E-state index >= 15 is 0 Å². The third-order valence-electron chi connectivity index (χ3n) is 6.51. The molecular formula is C29H23N3O. The Morgan fingerprint density at radius 1 is 0.788 bits per heavy atom. The Kier molecular flexibility index (Phi) is 4.58. The average Bonchev–Trinajstić information content (AvgIpc) is 3.10. The number of aryl methyl sites for hydroxylation is 1. The lowest BCUT2D eigenvalue weighted by Gasteiger charge is -2.13. The molecule has 33 heavy (non-hydrogen) atoms. The van der Waals surface area contributed by atoms with Crippen LogP contribution in [0.2, 0.25) is 0 Å². The molecule has 0 fully saturated rings. The third kappa shape index (κ3) is 3.31. The van der Waals surface area contributed by atoms with Gasteiger partial charge in [0.05, 0.1) is 0 Å². The van der Waals surface area contributed by atoms with Crippen LogP contribution in [-0.2, 0) is 6.54 Å². The Morgan fingerprint density at radius 3 is 2.52 bits per heavy atom. The highest BCUT2D eigenvalue weighted by molar-refractivity contribution is 5.91. The largest absolute Gasteiger partial charge is 0.436 e. The summed E-state index contributed by atoms with van der Waals surface area (Å²) in [6.45, 7) is 5.09. The highest BCUT2D eigenvalue weighted by Crippen LogP contribution is 2.36. The molecule has 3 aromatic carbocycles. The lowest BCUT2D eigenvalue weighted by Crippen LogP contribution is -2.03. The summed E-state index contributed by atoms with van der Waals surface area (Å²) in [6.07, 6.45) is 5.48. The number of pyridine rings is 2. The second-order valence-corrected chi connectivity index (χ2v) is 8.45. The molecule has 0 N–H and O–H groups in total. The number of rotatable bonds is 4. The normalized spacial score (nSPS) is 11.5. The molecule has 160 valence electrons. The first kappa shape index (κ1) is 19.5. The van der Waals surface area contributed by atoms with Crippen molar-refractivity contribution in [3.05, 3.63) is 108 Å². The molecule has 0 spiro atoms. The maximum absolute atomic E-state index is 6.46. The molecule has 6 rings (SSSR count). The van der Waals surface area contributed by atoms with E-state index in [1.54, 1.807) is 6.20 Å². The van der Waals surface area contributed by atoms with E-state index in [9.17, 15) is 0 Å². The van der Waals surface area contributed by atoms with Crippen LogP contribution in [0.25, 0.3) is 32.4 Å². The molecule has 0 saturated carbocycles. The molecule has 0 amide bonds. The molecule has 0 unspecified atom stereocenters. The fourth-order valence-electron chi connectivity index (χ4n) is 4.64. The molecular weight excluding hydrogens is 406 g/mol. The van der Waals surface area contributed by atoms with Gasteiger partial charge >= 0.3 is 0 Å². The van der Waals surface area contributed by atoms with Crippen molar-refractivity contribution in [1.29, 1.82) is 0 Å². The lowest BCUT2D eigenvalue weighted by atomic mass is 10.1. The topological polar surface area (TPSA) is 39.9 Å². The number of hydrogen-bond acceptors (Lipinski definition) is 3. The van der Waals surface area contributed by atoms with Crippen molar-refractivity contribution in [1.82, 2.24) is 14.5 Å². The monoisotopic (exact) mass is 429 g/mol. The van der Waals surface area contributed by atoms with E-state index in [1.807, 2.05) is 36.7 Å². The molecule has 4 heteroatoms. The number of benzene rings is 3. The maximum atomic E-state index is 6.46. The van der Waals surface area contributed by atoms with Gasteiger partial charge in [0.25, 0.3) is 0 Å². The van der Waals surface area contributed by atoms with Crippen LogP contribution in [0.5, 0.6) is 11.6 Å². The molecule has 4 nitrogen and oxygen atoms in total. The number of ether oxygens (including phenoxy) is 1. The Morgan fingerprint density at radius 2 is 1.61 bits per heavy atom. The average molecular weight is 430 g/mol. The van der Waals surface area contributed by atoms with Crippen LogP contribution in [0, 0.1) is 13.8 Å². The number of aromatic nitrogens is 3. The zero-order valence-electron chi connectivity index (χ0n) is 18.6. The molecule has 0 radical (unpaired) electrons. The first-order valence-electron chi connectivity index (χ1n) is 11.1. The molecule has 0 aliphatic rings. The zero-order valence-corrected chi connectivity index (χ0v) is 18.6. The summed E-state index contributed by atoms with van der Waals surface area (Å²) in [6, 6.07) is 25.2. The summed E-state index contributed by atoms with van der Waals surface area (Å²) in [5.41, 5.74) is 4.74. The van der Waals surface area contributed by atoms with Gasteiger partial charge in [-0.25, -0.2) is 4.98 Å². The summed E-state index contributed by atoms with van der Waals surface area (Å²) in [5, 5.41) is 5.73. The van der Waals surface area contributed by atoms with Crippen molar-refractivity contribution in [3.63, 3.8) is 0 Å². The van der Waals surface area contributed by atoms with Crippen molar-refractivity contribution < 1.29 is 4.74 Å². The van der Waals surface area contributed by atoms with Gasteiger partial charge in [0.1, 0.15) is 11.3 Å². The predicted molar refractivity (Wildman–Crippen MR) is 134 cm³/mol. The van der Waals surface area contributed by atoms with Crippen molar-refractivity contribution in [2.45, 2.75) is 20.4 Å². The lowest BCUT2D eigenvalue weighted by molar-refractivity contribution is 0.471. The second kappa shape index (κ2) is 7.75. The Bertz CT molecular complexity index is 1640. The molecule has 0 aliphatic heterocycles. The first-order valence-corrected chi connectivity index (χ1v) is 11.1. The van der Waals surface area contributed by atoms with Gasteiger partial charge in [0.15, 0.2) is 0 Å². The molecule has 0 bridgehead atoms. The van der Waals surface area contributed by atoms with Gasteiger partial charge in [-0.1, -0.05) is 48.5 Å². The summed E-state index contributed by atoms with van der Waals surface area (Å²) >= 11 is 0. The smallest absolute Gasteiger partial charge is 0.244 e. The summed E-state index contributed by atoms with van der Waals surface area (Å²) in [7, 11) is 0. The minimum absolute atomic E-state index is 0.619. The molecule has 3 aromatic heterocycles. The minimum atomic E-state index is 0.619. The van der Waals surface area contributed by atoms with Gasteiger partial charge in [0, 0.05) is 47.0 Å². The first-order chi connectivity index (χ1) is 16.2. The minimum Gasteiger partial charge on any atom is -0.436 e.